The Morgan fingerprint density at radius 1 is 0.619 bits per heavy atom. The fraction of sp³-hybridized carbons (Fsp3) is 0.250. The topological polar surface area (TPSA) is 111 Å². The van der Waals surface area contributed by atoms with Gasteiger partial charge in [-0.25, -0.2) is 9.59 Å². The first-order valence-corrected chi connectivity index (χ1v) is 15.8. The van der Waals surface area contributed by atoms with E-state index >= 15 is 0 Å². The van der Waals surface area contributed by atoms with E-state index in [9.17, 15) is 19.2 Å². The second kappa shape index (κ2) is 15.3. The molecule has 0 unspecified atom stereocenters. The molecule has 0 radical (unpaired) electrons. The van der Waals surface area contributed by atoms with Crippen LogP contribution in [0.4, 0.5) is 0 Å². The Morgan fingerprint density at radius 3 is 1.26 bits per heavy atom. The Hall–Kier alpha value is -4.02. The lowest BCUT2D eigenvalue weighted by Gasteiger charge is -2.18. The van der Waals surface area contributed by atoms with E-state index < -0.39 is 35.8 Å². The van der Waals surface area contributed by atoms with Gasteiger partial charge in [-0.05, 0) is 35.4 Å². The molecule has 2 aromatic carbocycles. The summed E-state index contributed by atoms with van der Waals surface area (Å²) >= 11 is 0. The van der Waals surface area contributed by atoms with E-state index in [2.05, 4.69) is 34.9 Å². The molecule has 2 amide bonds. The van der Waals surface area contributed by atoms with Crippen LogP contribution in [0.1, 0.15) is 43.7 Å². The lowest BCUT2D eigenvalue weighted by atomic mass is 9.99. The van der Waals surface area contributed by atoms with Crippen LogP contribution in [0.3, 0.4) is 0 Å². The standard InChI is InChI=1S/C32H32N2O6S2/c1-39-31(37)27(33-29(35)25-15-11-23(12-16-25)21-7-3-4-8-21)19-41-42-20-28(32(38)40-2)34-30(36)26-17-13-24(14-18-26)22-9-5-6-10-22/h3-18,21-22,27-28H,19-20H2,1-2H3,(H,33,35)(H,34,36)/t27-,28-/m1/s1. The summed E-state index contributed by atoms with van der Waals surface area (Å²) in [7, 11) is 5.06. The molecule has 0 heterocycles. The summed E-state index contributed by atoms with van der Waals surface area (Å²) < 4.78 is 9.76. The number of benzene rings is 2. The summed E-state index contributed by atoms with van der Waals surface area (Å²) in [4.78, 5) is 50.5. The summed E-state index contributed by atoms with van der Waals surface area (Å²) in [6, 6.07) is 12.6. The highest BCUT2D eigenvalue weighted by atomic mass is 33.1. The van der Waals surface area contributed by atoms with Crippen LogP contribution in [-0.4, -0.2) is 61.6 Å². The zero-order chi connectivity index (χ0) is 29.9. The van der Waals surface area contributed by atoms with Gasteiger partial charge < -0.3 is 20.1 Å². The fourth-order valence-corrected chi connectivity index (χ4v) is 6.66. The molecule has 2 aliphatic carbocycles. The van der Waals surface area contributed by atoms with Crippen molar-refractivity contribution < 1.29 is 28.7 Å². The van der Waals surface area contributed by atoms with E-state index in [1.807, 2.05) is 48.6 Å². The third-order valence-corrected chi connectivity index (χ3v) is 9.17. The molecule has 0 saturated carbocycles. The van der Waals surface area contributed by atoms with Gasteiger partial charge in [-0.1, -0.05) is 94.5 Å². The van der Waals surface area contributed by atoms with E-state index in [0.29, 0.717) is 11.1 Å². The number of carbonyl (C=O) groups is 4. The lowest BCUT2D eigenvalue weighted by molar-refractivity contribution is -0.143. The van der Waals surface area contributed by atoms with E-state index in [-0.39, 0.29) is 23.3 Å². The van der Waals surface area contributed by atoms with Crippen LogP contribution in [0.2, 0.25) is 0 Å². The largest absolute Gasteiger partial charge is 0.467 e. The van der Waals surface area contributed by atoms with Crippen molar-refractivity contribution in [1.29, 1.82) is 0 Å². The third kappa shape index (κ3) is 8.27. The average Bonchev–Trinajstić information content (AvgIpc) is 3.77. The lowest BCUT2D eigenvalue weighted by Crippen LogP contribution is -2.44. The first kappa shape index (κ1) is 30.9. The molecule has 2 aliphatic rings. The van der Waals surface area contributed by atoms with Crippen molar-refractivity contribution in [3.8, 4) is 0 Å². The monoisotopic (exact) mass is 604 g/mol. The molecule has 0 aromatic heterocycles. The normalized spacial score (nSPS) is 15.4. The molecule has 42 heavy (non-hydrogen) atoms. The van der Waals surface area contributed by atoms with Gasteiger partial charge in [0.2, 0.25) is 0 Å². The van der Waals surface area contributed by atoms with E-state index in [1.165, 1.54) is 35.8 Å². The maximum Gasteiger partial charge on any atom is 0.329 e. The number of methoxy groups -OCH3 is 2. The summed E-state index contributed by atoms with van der Waals surface area (Å²) in [5.74, 6) is -1.21. The quantitative estimate of drug-likeness (QED) is 0.192. The van der Waals surface area contributed by atoms with Crippen LogP contribution in [0.15, 0.2) is 97.1 Å². The molecule has 218 valence electrons. The molecule has 0 fully saturated rings. The van der Waals surface area contributed by atoms with Crippen LogP contribution in [0.5, 0.6) is 0 Å². The van der Waals surface area contributed by atoms with Crippen LogP contribution in [0, 0.1) is 0 Å². The smallest absolute Gasteiger partial charge is 0.329 e. The molecule has 8 nitrogen and oxygen atoms in total. The summed E-state index contributed by atoms with van der Waals surface area (Å²) in [6.45, 7) is 0. The Balaban J connectivity index is 1.28. The molecule has 10 heteroatoms. The van der Waals surface area contributed by atoms with Crippen molar-refractivity contribution in [2.75, 3.05) is 25.7 Å². The van der Waals surface area contributed by atoms with E-state index in [1.54, 1.807) is 24.3 Å². The molecular weight excluding hydrogens is 572 g/mol. The Kier molecular flexibility index (Phi) is 11.2. The van der Waals surface area contributed by atoms with Crippen molar-refractivity contribution in [2.45, 2.75) is 23.9 Å². The second-order valence-electron chi connectivity index (χ2n) is 9.50. The zero-order valence-corrected chi connectivity index (χ0v) is 24.9. The zero-order valence-electron chi connectivity index (χ0n) is 23.2. The van der Waals surface area contributed by atoms with Crippen molar-refractivity contribution in [3.63, 3.8) is 0 Å². The van der Waals surface area contributed by atoms with Gasteiger partial charge in [0.1, 0.15) is 12.1 Å². The minimum atomic E-state index is -0.908. The first-order valence-electron chi connectivity index (χ1n) is 13.3. The highest BCUT2D eigenvalue weighted by Crippen LogP contribution is 2.26. The van der Waals surface area contributed by atoms with Crippen LogP contribution in [0.25, 0.3) is 0 Å². The highest BCUT2D eigenvalue weighted by Gasteiger charge is 2.25. The van der Waals surface area contributed by atoms with E-state index in [0.717, 1.165) is 11.1 Å². The average molecular weight is 605 g/mol. The molecule has 2 aromatic rings. The maximum atomic E-state index is 12.9. The minimum absolute atomic E-state index is 0.187. The Labute approximate surface area is 253 Å². The summed E-state index contributed by atoms with van der Waals surface area (Å²) in [5, 5.41) is 5.46. The van der Waals surface area contributed by atoms with Gasteiger partial charge in [0.05, 0.1) is 14.2 Å². The predicted octanol–water partition coefficient (Wildman–Crippen LogP) is 4.73. The fourth-order valence-electron chi connectivity index (χ4n) is 4.36. The molecule has 0 bridgehead atoms. The second-order valence-corrected chi connectivity index (χ2v) is 12.1. The van der Waals surface area contributed by atoms with Gasteiger partial charge in [-0.2, -0.15) is 0 Å². The number of ether oxygens (including phenoxy) is 2. The third-order valence-electron chi connectivity index (χ3n) is 6.75. The number of hydrogen-bond donors (Lipinski definition) is 2. The van der Waals surface area contributed by atoms with Gasteiger partial charge in [0.25, 0.3) is 11.8 Å². The van der Waals surface area contributed by atoms with E-state index in [4.69, 9.17) is 9.47 Å². The predicted molar refractivity (Wildman–Crippen MR) is 166 cm³/mol. The van der Waals surface area contributed by atoms with Gasteiger partial charge in [0.15, 0.2) is 0 Å². The van der Waals surface area contributed by atoms with Gasteiger partial charge >= 0.3 is 11.9 Å². The minimum Gasteiger partial charge on any atom is -0.467 e. The number of amides is 2. The molecule has 2 atom stereocenters. The van der Waals surface area contributed by atoms with Gasteiger partial charge in [0, 0.05) is 34.5 Å². The summed E-state index contributed by atoms with van der Waals surface area (Å²) in [5.41, 5.74) is 2.98. The number of nitrogens with one attached hydrogen (secondary N) is 2. The van der Waals surface area contributed by atoms with Crippen molar-refractivity contribution in [3.05, 3.63) is 119 Å². The highest BCUT2D eigenvalue weighted by molar-refractivity contribution is 8.76. The molecule has 0 aliphatic heterocycles. The summed E-state index contributed by atoms with van der Waals surface area (Å²) in [6.07, 6.45) is 16.2. The molecular formula is C32H32N2O6S2. The first-order chi connectivity index (χ1) is 20.4. The van der Waals surface area contributed by atoms with Crippen molar-refractivity contribution >= 4 is 45.3 Å². The molecule has 4 rings (SSSR count). The SMILES string of the molecule is COC(=O)[C@@H](CSSC[C@@H](NC(=O)c1ccc(C2C=CC=C2)cc1)C(=O)OC)NC(=O)c1ccc(C2C=CC=C2)cc1. The van der Waals surface area contributed by atoms with Crippen molar-refractivity contribution in [1.82, 2.24) is 10.6 Å². The number of rotatable bonds is 13. The van der Waals surface area contributed by atoms with Gasteiger partial charge in [-0.3, -0.25) is 9.59 Å². The van der Waals surface area contributed by atoms with Crippen LogP contribution in [-0.2, 0) is 19.1 Å². The maximum absolute atomic E-state index is 12.9. The van der Waals surface area contributed by atoms with Crippen LogP contribution < -0.4 is 10.6 Å². The number of esters is 2. The molecule has 2 N–H and O–H groups in total. The van der Waals surface area contributed by atoms with Crippen molar-refractivity contribution in [2.24, 2.45) is 0 Å². The van der Waals surface area contributed by atoms with Gasteiger partial charge in [-0.15, -0.1) is 0 Å². The number of carbonyl (C=O) groups excluding carboxylic acids is 4. The Bertz CT molecular complexity index is 1270. The van der Waals surface area contributed by atoms with Crippen LogP contribution >= 0.6 is 21.6 Å². The Morgan fingerprint density at radius 2 is 0.952 bits per heavy atom. The number of hydrogen-bond acceptors (Lipinski definition) is 8. The molecule has 0 spiro atoms. The molecule has 0 saturated heterocycles. The number of allylic oxidation sites excluding steroid dienone is 8.